The molecule has 106 valence electrons. The molecule has 0 atom stereocenters. The highest BCUT2D eigenvalue weighted by molar-refractivity contribution is 6.31. The molecule has 0 fully saturated rings. The summed E-state index contributed by atoms with van der Waals surface area (Å²) in [5.74, 6) is -0.164. The first kappa shape index (κ1) is 14.4. The van der Waals surface area contributed by atoms with Gasteiger partial charge >= 0.3 is 0 Å². The molecule has 6 heteroatoms. The number of halogens is 1. The molecular weight excluding hydrogens is 276 g/mol. The first-order chi connectivity index (χ1) is 9.56. The fourth-order valence-corrected chi connectivity index (χ4v) is 2.20. The van der Waals surface area contributed by atoms with Gasteiger partial charge in [-0.05, 0) is 43.5 Å². The zero-order valence-corrected chi connectivity index (χ0v) is 12.0. The monoisotopic (exact) mass is 292 g/mol. The number of hydrogen-bond acceptors (Lipinski definition) is 3. The van der Waals surface area contributed by atoms with Crippen LogP contribution in [-0.2, 0) is 6.42 Å². The number of nitrogens with two attached hydrogens (primary N) is 1. The second-order valence-electron chi connectivity index (χ2n) is 4.65. The van der Waals surface area contributed by atoms with Gasteiger partial charge in [0, 0.05) is 28.5 Å². The van der Waals surface area contributed by atoms with E-state index in [0.717, 1.165) is 18.5 Å². The summed E-state index contributed by atoms with van der Waals surface area (Å²) in [5.41, 5.74) is 8.86. The lowest BCUT2D eigenvalue weighted by atomic mass is 10.1. The number of rotatable bonds is 5. The minimum atomic E-state index is -0.164. The van der Waals surface area contributed by atoms with Gasteiger partial charge in [0.15, 0.2) is 0 Å². The lowest BCUT2D eigenvalue weighted by molar-refractivity contribution is 0.0953. The average Bonchev–Trinajstić information content (AvgIpc) is 2.79. The topological polar surface area (TPSA) is 83.8 Å². The number of amides is 1. The van der Waals surface area contributed by atoms with Gasteiger partial charge in [0.05, 0.1) is 6.20 Å². The fraction of sp³-hybridized carbons (Fsp3) is 0.286. The minimum Gasteiger partial charge on any atom is -0.399 e. The van der Waals surface area contributed by atoms with Crippen LogP contribution in [-0.4, -0.2) is 22.6 Å². The fourth-order valence-electron chi connectivity index (χ4n) is 1.95. The van der Waals surface area contributed by atoms with E-state index in [0.29, 0.717) is 22.8 Å². The first-order valence-corrected chi connectivity index (χ1v) is 6.77. The van der Waals surface area contributed by atoms with Gasteiger partial charge < -0.3 is 11.1 Å². The Morgan fingerprint density at radius 1 is 1.45 bits per heavy atom. The van der Waals surface area contributed by atoms with Crippen molar-refractivity contribution in [3.8, 4) is 0 Å². The highest BCUT2D eigenvalue weighted by Crippen LogP contribution is 2.16. The third kappa shape index (κ3) is 3.74. The van der Waals surface area contributed by atoms with Gasteiger partial charge in [0.1, 0.15) is 0 Å². The summed E-state index contributed by atoms with van der Waals surface area (Å²) in [6, 6.07) is 4.83. The molecule has 1 amide bonds. The Labute approximate surface area is 122 Å². The van der Waals surface area contributed by atoms with Crippen molar-refractivity contribution in [2.24, 2.45) is 0 Å². The van der Waals surface area contributed by atoms with Crippen molar-refractivity contribution in [1.29, 1.82) is 0 Å². The van der Waals surface area contributed by atoms with Gasteiger partial charge in [-0.25, -0.2) is 0 Å². The number of hydrogen-bond donors (Lipinski definition) is 3. The van der Waals surface area contributed by atoms with Crippen LogP contribution >= 0.6 is 11.6 Å². The van der Waals surface area contributed by atoms with Crippen molar-refractivity contribution in [2.45, 2.75) is 19.8 Å². The van der Waals surface area contributed by atoms with Crippen molar-refractivity contribution in [2.75, 3.05) is 12.3 Å². The summed E-state index contributed by atoms with van der Waals surface area (Å²) >= 11 is 5.87. The Bertz CT molecular complexity index is 589. The number of aryl methyl sites for hydroxylation is 2. The average molecular weight is 293 g/mol. The SMILES string of the molecule is Cc1[nH]ncc1CCCNC(=O)c1cc(N)cc(Cl)c1. The number of nitrogens with one attached hydrogen (secondary N) is 2. The number of nitrogens with zero attached hydrogens (tertiary/aromatic N) is 1. The van der Waals surface area contributed by atoms with E-state index in [9.17, 15) is 4.79 Å². The standard InChI is InChI=1S/C14H17ClN4O/c1-9-10(8-18-19-9)3-2-4-17-14(20)11-5-12(15)7-13(16)6-11/h5-8H,2-4,16H2,1H3,(H,17,20)(H,18,19). The van der Waals surface area contributed by atoms with E-state index in [-0.39, 0.29) is 5.91 Å². The van der Waals surface area contributed by atoms with Crippen molar-refractivity contribution in [3.63, 3.8) is 0 Å². The Balaban J connectivity index is 1.82. The summed E-state index contributed by atoms with van der Waals surface area (Å²) in [6.45, 7) is 2.57. The largest absolute Gasteiger partial charge is 0.399 e. The van der Waals surface area contributed by atoms with E-state index in [4.69, 9.17) is 17.3 Å². The number of H-pyrrole nitrogens is 1. The van der Waals surface area contributed by atoms with Crippen LogP contribution in [0.15, 0.2) is 24.4 Å². The maximum atomic E-state index is 11.9. The highest BCUT2D eigenvalue weighted by atomic mass is 35.5. The van der Waals surface area contributed by atoms with E-state index in [1.54, 1.807) is 18.2 Å². The van der Waals surface area contributed by atoms with Gasteiger partial charge in [0.25, 0.3) is 5.91 Å². The highest BCUT2D eigenvalue weighted by Gasteiger charge is 2.07. The molecule has 0 aliphatic carbocycles. The van der Waals surface area contributed by atoms with Gasteiger partial charge in [-0.1, -0.05) is 11.6 Å². The van der Waals surface area contributed by atoms with Crippen LogP contribution in [0.5, 0.6) is 0 Å². The van der Waals surface area contributed by atoms with Crippen LogP contribution in [0, 0.1) is 6.92 Å². The Morgan fingerprint density at radius 3 is 2.90 bits per heavy atom. The Hall–Kier alpha value is -2.01. The van der Waals surface area contributed by atoms with Crippen molar-refractivity contribution >= 4 is 23.2 Å². The quantitative estimate of drug-likeness (QED) is 0.584. The molecule has 4 N–H and O–H groups in total. The molecule has 0 spiro atoms. The molecular formula is C14H17ClN4O. The zero-order valence-electron chi connectivity index (χ0n) is 11.2. The maximum absolute atomic E-state index is 11.9. The van der Waals surface area contributed by atoms with E-state index in [1.807, 2.05) is 13.1 Å². The van der Waals surface area contributed by atoms with Gasteiger partial charge in [-0.3, -0.25) is 9.89 Å². The third-order valence-electron chi connectivity index (χ3n) is 3.03. The van der Waals surface area contributed by atoms with E-state index in [1.165, 1.54) is 5.56 Å². The Kier molecular flexibility index (Phi) is 4.63. The molecule has 0 aliphatic rings. The molecule has 0 saturated heterocycles. The van der Waals surface area contributed by atoms with Gasteiger partial charge in [-0.15, -0.1) is 0 Å². The van der Waals surface area contributed by atoms with E-state index in [2.05, 4.69) is 15.5 Å². The van der Waals surface area contributed by atoms with Crippen LogP contribution in [0.25, 0.3) is 0 Å². The molecule has 2 aromatic rings. The van der Waals surface area contributed by atoms with Crippen molar-refractivity contribution in [3.05, 3.63) is 46.2 Å². The number of aromatic amines is 1. The number of anilines is 1. The lowest BCUT2D eigenvalue weighted by Gasteiger charge is -2.06. The second-order valence-corrected chi connectivity index (χ2v) is 5.09. The number of carbonyl (C=O) groups is 1. The number of benzene rings is 1. The molecule has 20 heavy (non-hydrogen) atoms. The predicted octanol–water partition coefficient (Wildman–Crippen LogP) is 2.32. The van der Waals surface area contributed by atoms with Gasteiger partial charge in [-0.2, -0.15) is 5.10 Å². The number of aromatic nitrogens is 2. The molecule has 1 aromatic heterocycles. The molecule has 1 heterocycles. The van der Waals surface area contributed by atoms with Crippen LogP contribution in [0.1, 0.15) is 28.0 Å². The van der Waals surface area contributed by atoms with E-state index >= 15 is 0 Å². The van der Waals surface area contributed by atoms with Crippen molar-refractivity contribution in [1.82, 2.24) is 15.5 Å². The molecule has 5 nitrogen and oxygen atoms in total. The molecule has 1 aromatic carbocycles. The maximum Gasteiger partial charge on any atom is 0.251 e. The molecule has 0 aliphatic heterocycles. The molecule has 0 radical (unpaired) electrons. The van der Waals surface area contributed by atoms with Crippen LogP contribution < -0.4 is 11.1 Å². The third-order valence-corrected chi connectivity index (χ3v) is 3.24. The number of nitrogen functional groups attached to an aromatic ring is 1. The smallest absolute Gasteiger partial charge is 0.251 e. The van der Waals surface area contributed by atoms with Crippen LogP contribution in [0.3, 0.4) is 0 Å². The lowest BCUT2D eigenvalue weighted by Crippen LogP contribution is -2.24. The van der Waals surface area contributed by atoms with Crippen molar-refractivity contribution < 1.29 is 4.79 Å². The summed E-state index contributed by atoms with van der Waals surface area (Å²) in [5, 5.41) is 10.2. The molecule has 0 unspecified atom stereocenters. The summed E-state index contributed by atoms with van der Waals surface area (Å²) < 4.78 is 0. The van der Waals surface area contributed by atoms with Gasteiger partial charge in [0.2, 0.25) is 0 Å². The molecule has 2 rings (SSSR count). The summed E-state index contributed by atoms with van der Waals surface area (Å²) in [6.07, 6.45) is 3.54. The van der Waals surface area contributed by atoms with E-state index < -0.39 is 0 Å². The summed E-state index contributed by atoms with van der Waals surface area (Å²) in [7, 11) is 0. The van der Waals surface area contributed by atoms with Crippen LogP contribution in [0.4, 0.5) is 5.69 Å². The molecule has 0 bridgehead atoms. The predicted molar refractivity (Wildman–Crippen MR) is 79.8 cm³/mol. The van der Waals surface area contributed by atoms with Crippen LogP contribution in [0.2, 0.25) is 5.02 Å². The second kappa shape index (κ2) is 6.43. The summed E-state index contributed by atoms with van der Waals surface area (Å²) in [4.78, 5) is 11.9. The Morgan fingerprint density at radius 2 is 2.25 bits per heavy atom. The normalized spacial score (nSPS) is 10.5. The zero-order chi connectivity index (χ0) is 14.5. The minimum absolute atomic E-state index is 0.164. The molecule has 0 saturated carbocycles. The number of carbonyl (C=O) groups excluding carboxylic acids is 1. The first-order valence-electron chi connectivity index (χ1n) is 6.39.